The summed E-state index contributed by atoms with van der Waals surface area (Å²) in [5, 5.41) is 3.38. The Hall–Kier alpha value is -0.700. The number of aryl methyl sites for hydroxylation is 4. The zero-order valence-corrected chi connectivity index (χ0v) is 22.3. The SMILES string of the molecule is CC(C)P(c1cc2ccc1CCc1ccc(c(P(C(C)C)C(C)C)c1)CC2)C(C)C. The van der Waals surface area contributed by atoms with Crippen LogP contribution in [0, 0.1) is 0 Å². The monoisotopic (exact) mass is 440 g/mol. The van der Waals surface area contributed by atoms with Gasteiger partial charge in [0.05, 0.1) is 0 Å². The molecule has 0 saturated carbocycles. The molecule has 30 heavy (non-hydrogen) atoms. The average molecular weight is 441 g/mol. The van der Waals surface area contributed by atoms with Gasteiger partial charge in [-0.05, 0) is 81.2 Å². The van der Waals surface area contributed by atoms with Gasteiger partial charge >= 0.3 is 0 Å². The Morgan fingerprint density at radius 2 is 0.833 bits per heavy atom. The average Bonchev–Trinajstić information content (AvgIpc) is 2.63. The van der Waals surface area contributed by atoms with Crippen LogP contribution in [0.4, 0.5) is 0 Å². The summed E-state index contributed by atoms with van der Waals surface area (Å²) < 4.78 is 0. The molecule has 4 aliphatic carbocycles. The zero-order valence-electron chi connectivity index (χ0n) is 20.5. The van der Waals surface area contributed by atoms with E-state index >= 15 is 0 Å². The Kier molecular flexibility index (Phi) is 8.21. The maximum Gasteiger partial charge on any atom is -0.0201 e. The molecule has 0 aromatic heterocycles. The third-order valence-electron chi connectivity index (χ3n) is 6.45. The minimum Gasteiger partial charge on any atom is -0.0698 e. The van der Waals surface area contributed by atoms with E-state index in [1.807, 2.05) is 0 Å². The smallest absolute Gasteiger partial charge is 0.0201 e. The lowest BCUT2D eigenvalue weighted by Crippen LogP contribution is -2.22. The van der Waals surface area contributed by atoms with Gasteiger partial charge in [-0.1, -0.05) is 108 Å². The van der Waals surface area contributed by atoms with Crippen LogP contribution in [0.15, 0.2) is 36.4 Å². The van der Waals surface area contributed by atoms with Crippen LogP contribution < -0.4 is 10.6 Å². The van der Waals surface area contributed by atoms with Gasteiger partial charge in [0.1, 0.15) is 0 Å². The molecule has 4 aliphatic rings. The second-order valence-electron chi connectivity index (χ2n) is 10.1. The molecule has 0 fully saturated rings. The molecule has 0 N–H and O–H groups in total. The van der Waals surface area contributed by atoms with Crippen LogP contribution in [-0.4, -0.2) is 22.6 Å². The van der Waals surface area contributed by atoms with E-state index in [0.29, 0.717) is 0 Å². The minimum absolute atomic E-state index is 0.114. The zero-order chi connectivity index (χ0) is 22.0. The van der Waals surface area contributed by atoms with Gasteiger partial charge in [0.15, 0.2) is 0 Å². The van der Waals surface area contributed by atoms with Crippen molar-refractivity contribution in [2.75, 3.05) is 0 Å². The Morgan fingerprint density at radius 3 is 1.13 bits per heavy atom. The summed E-state index contributed by atoms with van der Waals surface area (Å²) in [5.41, 5.74) is 9.26. The van der Waals surface area contributed by atoms with Gasteiger partial charge < -0.3 is 0 Å². The molecule has 4 bridgehead atoms. The highest BCUT2D eigenvalue weighted by Gasteiger charge is 2.25. The summed E-state index contributed by atoms with van der Waals surface area (Å²) in [7, 11) is -0.229. The van der Waals surface area contributed by atoms with Crippen LogP contribution in [0.3, 0.4) is 0 Å². The molecule has 164 valence electrons. The maximum atomic E-state index is 2.60. The van der Waals surface area contributed by atoms with Crippen molar-refractivity contribution in [1.82, 2.24) is 0 Å². The lowest BCUT2D eigenvalue weighted by molar-refractivity contribution is 0.928. The highest BCUT2D eigenvalue weighted by atomic mass is 31.1. The lowest BCUT2D eigenvalue weighted by atomic mass is 9.96. The van der Waals surface area contributed by atoms with E-state index in [2.05, 4.69) is 91.8 Å². The normalized spacial score (nSPS) is 14.6. The maximum absolute atomic E-state index is 2.60. The molecule has 0 nitrogen and oxygen atoms in total. The molecule has 0 saturated heterocycles. The van der Waals surface area contributed by atoms with Crippen molar-refractivity contribution >= 4 is 26.5 Å². The molecular weight excluding hydrogens is 398 g/mol. The predicted octanol–water partition coefficient (Wildman–Crippen LogP) is 7.42. The Labute approximate surface area is 188 Å². The van der Waals surface area contributed by atoms with Crippen LogP contribution in [0.25, 0.3) is 0 Å². The fourth-order valence-electron chi connectivity index (χ4n) is 5.30. The van der Waals surface area contributed by atoms with Crippen LogP contribution in [0.5, 0.6) is 0 Å². The van der Waals surface area contributed by atoms with Crippen molar-refractivity contribution in [3.8, 4) is 0 Å². The molecule has 0 unspecified atom stereocenters. The first-order chi connectivity index (χ1) is 14.2. The van der Waals surface area contributed by atoms with Crippen LogP contribution >= 0.6 is 15.8 Å². The van der Waals surface area contributed by atoms with E-state index in [4.69, 9.17) is 0 Å². The second kappa shape index (κ2) is 10.3. The van der Waals surface area contributed by atoms with Crippen molar-refractivity contribution in [3.05, 3.63) is 58.7 Å². The summed E-state index contributed by atoms with van der Waals surface area (Å²) in [6.45, 7) is 19.4. The lowest BCUT2D eigenvalue weighted by Gasteiger charge is -2.30. The third kappa shape index (κ3) is 5.37. The van der Waals surface area contributed by atoms with Crippen LogP contribution in [0.1, 0.15) is 77.6 Å². The summed E-state index contributed by atoms with van der Waals surface area (Å²) in [6, 6.07) is 15.0. The van der Waals surface area contributed by atoms with Crippen molar-refractivity contribution in [1.29, 1.82) is 0 Å². The Morgan fingerprint density at radius 1 is 0.500 bits per heavy atom. The van der Waals surface area contributed by atoms with E-state index in [1.54, 1.807) is 21.7 Å². The molecule has 0 amide bonds. The standard InChI is InChI=1S/C28H42P2/c1-19(2)29(20(3)4)27-17-23-9-13-25(27)15-11-24-10-14-26(16-12-23)28(18-24)30(21(5)6)22(7)8/h9-10,13-14,17-22H,11-12,15-16H2,1-8H3. The summed E-state index contributed by atoms with van der Waals surface area (Å²) in [5.74, 6) is 0. The summed E-state index contributed by atoms with van der Waals surface area (Å²) >= 11 is 0. The van der Waals surface area contributed by atoms with Gasteiger partial charge in [-0.15, -0.1) is 0 Å². The van der Waals surface area contributed by atoms with Gasteiger partial charge in [0, 0.05) is 0 Å². The Bertz CT molecular complexity index is 760. The van der Waals surface area contributed by atoms with Gasteiger partial charge in [-0.25, -0.2) is 0 Å². The third-order valence-corrected chi connectivity index (χ3v) is 12.8. The van der Waals surface area contributed by atoms with Crippen molar-refractivity contribution in [2.45, 2.75) is 104 Å². The molecule has 0 spiro atoms. The number of benzene rings is 2. The molecule has 0 radical (unpaired) electrons. The largest absolute Gasteiger partial charge is 0.0698 e. The molecule has 2 aromatic carbocycles. The van der Waals surface area contributed by atoms with Gasteiger partial charge in [-0.2, -0.15) is 0 Å². The fourth-order valence-corrected chi connectivity index (χ4v) is 11.6. The minimum atomic E-state index is -0.114. The van der Waals surface area contributed by atoms with Gasteiger partial charge in [0.25, 0.3) is 0 Å². The molecule has 0 atom stereocenters. The number of hydrogen-bond acceptors (Lipinski definition) is 0. The highest BCUT2D eigenvalue weighted by Crippen LogP contribution is 2.47. The van der Waals surface area contributed by atoms with E-state index in [0.717, 1.165) is 22.6 Å². The predicted molar refractivity (Wildman–Crippen MR) is 141 cm³/mol. The molecule has 2 heteroatoms. The number of rotatable bonds is 6. The quantitative estimate of drug-likeness (QED) is 0.410. The first kappa shape index (κ1) is 24.0. The summed E-state index contributed by atoms with van der Waals surface area (Å²) in [6.07, 6.45) is 4.68. The second-order valence-corrected chi connectivity index (χ2v) is 16.8. The first-order valence-electron chi connectivity index (χ1n) is 12.0. The van der Waals surface area contributed by atoms with E-state index < -0.39 is 0 Å². The van der Waals surface area contributed by atoms with E-state index in [1.165, 1.54) is 36.8 Å². The topological polar surface area (TPSA) is 0 Å². The van der Waals surface area contributed by atoms with Crippen molar-refractivity contribution in [3.63, 3.8) is 0 Å². The van der Waals surface area contributed by atoms with Crippen molar-refractivity contribution in [2.24, 2.45) is 0 Å². The van der Waals surface area contributed by atoms with Gasteiger partial charge in [0.2, 0.25) is 0 Å². The van der Waals surface area contributed by atoms with Crippen LogP contribution in [-0.2, 0) is 25.7 Å². The molecule has 6 rings (SSSR count). The Balaban J connectivity index is 2.04. The first-order valence-corrected chi connectivity index (χ1v) is 14.9. The van der Waals surface area contributed by atoms with E-state index in [-0.39, 0.29) is 15.8 Å². The summed E-state index contributed by atoms with van der Waals surface area (Å²) in [4.78, 5) is 0. The fraction of sp³-hybridized carbons (Fsp3) is 0.571. The van der Waals surface area contributed by atoms with Crippen LogP contribution in [0.2, 0.25) is 0 Å². The molecule has 0 heterocycles. The van der Waals surface area contributed by atoms with Crippen molar-refractivity contribution < 1.29 is 0 Å². The molecular formula is C28H42P2. The molecule has 0 aliphatic heterocycles. The van der Waals surface area contributed by atoms with Gasteiger partial charge in [-0.3, -0.25) is 0 Å². The molecule has 2 aromatic rings. The van der Waals surface area contributed by atoms with E-state index in [9.17, 15) is 0 Å². The highest BCUT2D eigenvalue weighted by molar-refractivity contribution is 7.67. The number of hydrogen-bond donors (Lipinski definition) is 0.